The van der Waals surface area contributed by atoms with E-state index in [0.717, 1.165) is 0 Å². The fraction of sp³-hybridized carbons (Fsp3) is 0.600. The molecule has 4 nitrogen and oxygen atoms in total. The fourth-order valence-corrected chi connectivity index (χ4v) is 0.457. The first-order valence-corrected chi connectivity index (χ1v) is 2.82. The van der Waals surface area contributed by atoms with Crippen LogP contribution in [-0.2, 0) is 9.59 Å². The van der Waals surface area contributed by atoms with Crippen LogP contribution in [0, 0.1) is 0 Å². The zero-order chi connectivity index (χ0) is 10.9. The molecule has 76 valence electrons. The Kier molecular flexibility index (Phi) is 2.86. The number of carboxylic acid groups (broad SMARTS) is 2. The highest BCUT2D eigenvalue weighted by molar-refractivity contribution is 5.78. The fourth-order valence-electron chi connectivity index (χ4n) is 0.457. The second-order valence-electron chi connectivity index (χ2n) is 2.15. The van der Waals surface area contributed by atoms with Gasteiger partial charge in [-0.2, -0.15) is 17.6 Å². The maximum Gasteiger partial charge on any atom is 0.404 e. The van der Waals surface area contributed by atoms with E-state index in [1.54, 1.807) is 0 Å². The summed E-state index contributed by atoms with van der Waals surface area (Å²) in [5.41, 5.74) is 0. The monoisotopic (exact) mass is 204 g/mol. The lowest BCUT2D eigenvalue weighted by Gasteiger charge is -2.20. The summed E-state index contributed by atoms with van der Waals surface area (Å²) in [6.07, 6.45) is -2.23. The number of hydrogen-bond acceptors (Lipinski definition) is 2. The van der Waals surface area contributed by atoms with Crippen molar-refractivity contribution in [2.75, 3.05) is 0 Å². The Morgan fingerprint density at radius 1 is 1.08 bits per heavy atom. The molecule has 13 heavy (non-hydrogen) atoms. The zero-order valence-electron chi connectivity index (χ0n) is 5.93. The van der Waals surface area contributed by atoms with E-state index in [9.17, 15) is 27.2 Å². The lowest BCUT2D eigenvalue weighted by Crippen LogP contribution is -2.48. The Bertz CT molecular complexity index is 237. The summed E-state index contributed by atoms with van der Waals surface area (Å²) in [4.78, 5) is 19.3. The Morgan fingerprint density at radius 3 is 1.69 bits per heavy atom. The average molecular weight is 204 g/mol. The minimum Gasteiger partial charge on any atom is -0.481 e. The quantitative estimate of drug-likeness (QED) is 0.664. The third-order valence-electron chi connectivity index (χ3n) is 1.10. The minimum absolute atomic E-state index is 2.20. The zero-order valence-corrected chi connectivity index (χ0v) is 5.93. The Labute approximate surface area is 68.8 Å². The van der Waals surface area contributed by atoms with Gasteiger partial charge in [-0.15, -0.1) is 0 Å². The molecule has 0 aliphatic rings. The molecular formula is C5H4F4O4. The molecule has 0 heterocycles. The lowest BCUT2D eigenvalue weighted by atomic mass is 10.1. The van der Waals surface area contributed by atoms with Gasteiger partial charge in [0.15, 0.2) is 0 Å². The number of carbonyl (C=O) groups is 2. The molecule has 0 rings (SSSR count). The first-order valence-electron chi connectivity index (χ1n) is 2.82. The van der Waals surface area contributed by atoms with Gasteiger partial charge in [0.25, 0.3) is 0 Å². The Balaban J connectivity index is 4.80. The number of halogens is 4. The molecule has 0 bridgehead atoms. The number of alkyl halides is 4. The van der Waals surface area contributed by atoms with Crippen LogP contribution in [0.15, 0.2) is 0 Å². The van der Waals surface area contributed by atoms with Crippen molar-refractivity contribution in [2.45, 2.75) is 18.3 Å². The van der Waals surface area contributed by atoms with Gasteiger partial charge >= 0.3 is 23.8 Å². The molecule has 0 aromatic rings. The molecule has 0 saturated carbocycles. The van der Waals surface area contributed by atoms with Crippen LogP contribution < -0.4 is 0 Å². The van der Waals surface area contributed by atoms with Crippen molar-refractivity contribution in [1.82, 2.24) is 0 Å². The van der Waals surface area contributed by atoms with Crippen LogP contribution in [0.2, 0.25) is 0 Å². The first kappa shape index (κ1) is 11.7. The van der Waals surface area contributed by atoms with E-state index >= 15 is 0 Å². The van der Waals surface area contributed by atoms with Gasteiger partial charge in [-0.3, -0.25) is 4.79 Å². The summed E-state index contributed by atoms with van der Waals surface area (Å²) in [5.74, 6) is -15.7. The number of carboxylic acids is 2. The first-order chi connectivity index (χ1) is 5.61. The molecule has 0 aliphatic heterocycles. The second-order valence-corrected chi connectivity index (χ2v) is 2.15. The highest BCUT2D eigenvalue weighted by Gasteiger charge is 2.63. The molecule has 0 amide bonds. The summed E-state index contributed by atoms with van der Waals surface area (Å²) in [6.45, 7) is 0. The van der Waals surface area contributed by atoms with Crippen LogP contribution in [0.25, 0.3) is 0 Å². The highest BCUT2D eigenvalue weighted by atomic mass is 19.3. The number of hydrogen-bond donors (Lipinski definition) is 2. The van der Waals surface area contributed by atoms with Crippen LogP contribution in [0.5, 0.6) is 0 Å². The minimum atomic E-state index is -5.37. The molecule has 0 aliphatic carbocycles. The highest BCUT2D eigenvalue weighted by Crippen LogP contribution is 2.37. The summed E-state index contributed by atoms with van der Waals surface area (Å²) in [6, 6.07) is 0. The van der Waals surface area contributed by atoms with Crippen LogP contribution in [0.3, 0.4) is 0 Å². The van der Waals surface area contributed by atoms with Crippen LogP contribution in [0.1, 0.15) is 6.42 Å². The molecule has 2 N–H and O–H groups in total. The number of aliphatic carboxylic acids is 2. The molecule has 0 aromatic heterocycles. The van der Waals surface area contributed by atoms with E-state index in [1.807, 2.05) is 0 Å². The standard InChI is InChI=1S/C5H4F4O4/c6-4(7,1-2(10)11)5(8,9)3(12)13/h1H2,(H,10,11)(H,12,13). The predicted molar refractivity (Wildman–Crippen MR) is 29.8 cm³/mol. The Hall–Kier alpha value is -1.34. The van der Waals surface area contributed by atoms with Gasteiger partial charge in [-0.05, 0) is 0 Å². The molecule has 0 unspecified atom stereocenters. The van der Waals surface area contributed by atoms with Gasteiger partial charge in [-0.25, -0.2) is 4.79 Å². The summed E-state index contributed by atoms with van der Waals surface area (Å²) in [7, 11) is 0. The van der Waals surface area contributed by atoms with E-state index in [1.165, 1.54) is 0 Å². The van der Waals surface area contributed by atoms with E-state index in [4.69, 9.17) is 10.2 Å². The van der Waals surface area contributed by atoms with Crippen LogP contribution in [-0.4, -0.2) is 34.0 Å². The Morgan fingerprint density at radius 2 is 1.46 bits per heavy atom. The van der Waals surface area contributed by atoms with Crippen LogP contribution in [0.4, 0.5) is 17.6 Å². The second kappa shape index (κ2) is 3.19. The van der Waals surface area contributed by atoms with Gasteiger partial charge in [0, 0.05) is 0 Å². The van der Waals surface area contributed by atoms with E-state index < -0.39 is 30.2 Å². The van der Waals surface area contributed by atoms with Crippen molar-refractivity contribution in [3.63, 3.8) is 0 Å². The third-order valence-corrected chi connectivity index (χ3v) is 1.10. The molecule has 0 spiro atoms. The van der Waals surface area contributed by atoms with Crippen molar-refractivity contribution in [2.24, 2.45) is 0 Å². The summed E-state index contributed by atoms with van der Waals surface area (Å²) < 4.78 is 48.5. The van der Waals surface area contributed by atoms with Crippen molar-refractivity contribution in [3.05, 3.63) is 0 Å². The van der Waals surface area contributed by atoms with E-state index in [0.29, 0.717) is 0 Å². The maximum atomic E-state index is 12.2. The van der Waals surface area contributed by atoms with E-state index in [2.05, 4.69) is 0 Å². The van der Waals surface area contributed by atoms with Gasteiger partial charge in [-0.1, -0.05) is 0 Å². The van der Waals surface area contributed by atoms with Crippen molar-refractivity contribution < 1.29 is 37.4 Å². The van der Waals surface area contributed by atoms with E-state index in [-0.39, 0.29) is 0 Å². The summed E-state index contributed by atoms with van der Waals surface area (Å²) >= 11 is 0. The van der Waals surface area contributed by atoms with Crippen molar-refractivity contribution >= 4 is 11.9 Å². The van der Waals surface area contributed by atoms with Gasteiger partial charge in [0.05, 0.1) is 0 Å². The maximum absolute atomic E-state index is 12.2. The summed E-state index contributed by atoms with van der Waals surface area (Å²) in [5, 5.41) is 15.5. The van der Waals surface area contributed by atoms with Gasteiger partial charge in [0.1, 0.15) is 6.42 Å². The molecule has 0 saturated heterocycles. The third kappa shape index (κ3) is 2.30. The average Bonchev–Trinajstić information content (AvgIpc) is 1.83. The predicted octanol–water partition coefficient (Wildman–Crippen LogP) is 0.816. The molecule has 0 fully saturated rings. The van der Waals surface area contributed by atoms with Crippen LogP contribution >= 0.6 is 0 Å². The molecular weight excluding hydrogens is 200 g/mol. The largest absolute Gasteiger partial charge is 0.481 e. The molecule has 0 atom stereocenters. The van der Waals surface area contributed by atoms with Crippen molar-refractivity contribution in [3.8, 4) is 0 Å². The van der Waals surface area contributed by atoms with Gasteiger partial charge in [0.2, 0.25) is 0 Å². The van der Waals surface area contributed by atoms with Crippen molar-refractivity contribution in [1.29, 1.82) is 0 Å². The molecule has 0 aromatic carbocycles. The molecule has 0 radical (unpaired) electrons. The smallest absolute Gasteiger partial charge is 0.404 e. The SMILES string of the molecule is O=C(O)CC(F)(F)C(F)(F)C(=O)O. The lowest BCUT2D eigenvalue weighted by molar-refractivity contribution is -0.226. The van der Waals surface area contributed by atoms with Gasteiger partial charge < -0.3 is 10.2 Å². The number of rotatable bonds is 4. The molecule has 8 heteroatoms. The normalized spacial score (nSPS) is 12.6. The topological polar surface area (TPSA) is 74.6 Å².